The first kappa shape index (κ1) is 13.7. The first-order valence-electron chi connectivity index (χ1n) is 6.19. The molecule has 0 atom stereocenters. The summed E-state index contributed by atoms with van der Waals surface area (Å²) in [4.78, 5) is 18.8. The molecule has 1 aromatic heterocycles. The number of aromatic nitrogens is 1. The van der Waals surface area contributed by atoms with E-state index in [1.54, 1.807) is 6.92 Å². The van der Waals surface area contributed by atoms with Gasteiger partial charge in [-0.15, -0.1) is 0 Å². The van der Waals surface area contributed by atoms with Gasteiger partial charge in [0.2, 0.25) is 0 Å². The first-order valence-corrected chi connectivity index (χ1v) is 7.00. The van der Waals surface area contributed by atoms with Crippen LogP contribution in [0.2, 0.25) is 0 Å². The Morgan fingerprint density at radius 3 is 2.21 bits per heavy atom. The summed E-state index contributed by atoms with van der Waals surface area (Å²) in [6.45, 7) is 7.63. The topological polar surface area (TPSA) is 33.2 Å². The number of hydrogen-bond acceptors (Lipinski definition) is 4. The van der Waals surface area contributed by atoms with Gasteiger partial charge in [-0.25, -0.2) is 4.98 Å². The minimum atomic E-state index is 0.0788. The molecule has 0 radical (unpaired) electrons. The van der Waals surface area contributed by atoms with Crippen LogP contribution in [0.5, 0.6) is 0 Å². The molecule has 4 heteroatoms. The van der Waals surface area contributed by atoms with Gasteiger partial charge >= 0.3 is 0 Å². The number of ketones is 1. The van der Waals surface area contributed by atoms with Crippen LogP contribution < -0.4 is 4.90 Å². The van der Waals surface area contributed by atoms with Gasteiger partial charge in [-0.3, -0.25) is 4.79 Å². The van der Waals surface area contributed by atoms with Crippen molar-refractivity contribution in [1.82, 2.24) is 4.98 Å². The highest BCUT2D eigenvalue weighted by molar-refractivity contribution is 7.17. The molecule has 3 nitrogen and oxygen atoms in total. The third-order valence-corrected chi connectivity index (χ3v) is 4.32. The molecule has 0 saturated heterocycles. The molecule has 100 valence electrons. The van der Waals surface area contributed by atoms with E-state index in [1.165, 1.54) is 22.5 Å². The molecule has 0 aliphatic rings. The fraction of sp³-hybridized carbons (Fsp3) is 0.333. The third kappa shape index (κ3) is 2.84. The van der Waals surface area contributed by atoms with E-state index >= 15 is 0 Å². The standard InChI is InChI=1S/C15H18N2OS/c1-9-6-10(2)8-13(7-9)17(5)15-16-11(3)14(19-15)12(4)18/h6-8H,1-5H3. The molecule has 1 heterocycles. The Balaban J connectivity index is 2.41. The predicted molar refractivity (Wildman–Crippen MR) is 80.8 cm³/mol. The van der Waals surface area contributed by atoms with E-state index in [4.69, 9.17) is 0 Å². The SMILES string of the molecule is CC(=O)c1sc(N(C)c2cc(C)cc(C)c2)nc1C. The molecule has 0 aliphatic carbocycles. The highest BCUT2D eigenvalue weighted by Gasteiger charge is 2.15. The maximum atomic E-state index is 11.5. The van der Waals surface area contributed by atoms with Gasteiger partial charge in [0.1, 0.15) is 0 Å². The van der Waals surface area contributed by atoms with Crippen LogP contribution in [0.25, 0.3) is 0 Å². The second kappa shape index (κ2) is 5.13. The van der Waals surface area contributed by atoms with Crippen LogP contribution in [-0.2, 0) is 0 Å². The minimum Gasteiger partial charge on any atom is -0.321 e. The normalized spacial score (nSPS) is 10.6. The third-order valence-electron chi connectivity index (χ3n) is 2.99. The second-order valence-corrected chi connectivity index (χ2v) is 5.85. The number of thiazole rings is 1. The lowest BCUT2D eigenvalue weighted by atomic mass is 10.1. The summed E-state index contributed by atoms with van der Waals surface area (Å²) in [7, 11) is 1.98. The second-order valence-electron chi connectivity index (χ2n) is 4.87. The molecule has 1 aromatic carbocycles. The molecule has 0 spiro atoms. The molecule has 0 bridgehead atoms. The lowest BCUT2D eigenvalue weighted by Crippen LogP contribution is -2.09. The number of nitrogens with zero attached hydrogens (tertiary/aromatic N) is 2. The number of rotatable bonds is 3. The van der Waals surface area contributed by atoms with E-state index in [2.05, 4.69) is 37.0 Å². The zero-order valence-electron chi connectivity index (χ0n) is 11.9. The van der Waals surface area contributed by atoms with Crippen molar-refractivity contribution in [3.05, 3.63) is 39.9 Å². The van der Waals surface area contributed by atoms with Gasteiger partial charge < -0.3 is 4.90 Å². The largest absolute Gasteiger partial charge is 0.321 e. The zero-order valence-corrected chi connectivity index (χ0v) is 12.8. The summed E-state index contributed by atoms with van der Waals surface area (Å²) in [6, 6.07) is 6.39. The van der Waals surface area contributed by atoms with Gasteiger partial charge in [0.05, 0.1) is 10.6 Å². The Morgan fingerprint density at radius 2 is 1.74 bits per heavy atom. The number of carbonyl (C=O) groups is 1. The molecule has 0 fully saturated rings. The van der Waals surface area contributed by atoms with Gasteiger partial charge in [0.15, 0.2) is 10.9 Å². The average Bonchev–Trinajstić information content (AvgIpc) is 2.69. The highest BCUT2D eigenvalue weighted by Crippen LogP contribution is 2.31. The molecule has 0 amide bonds. The lowest BCUT2D eigenvalue weighted by molar-refractivity contribution is 0.102. The van der Waals surface area contributed by atoms with Gasteiger partial charge in [0.25, 0.3) is 0 Å². The summed E-state index contributed by atoms with van der Waals surface area (Å²) in [5.74, 6) is 0.0788. The van der Waals surface area contributed by atoms with Crippen LogP contribution in [0.15, 0.2) is 18.2 Å². The number of hydrogen-bond donors (Lipinski definition) is 0. The molecule has 2 rings (SSSR count). The van der Waals surface area contributed by atoms with Gasteiger partial charge in [-0.05, 0) is 44.0 Å². The van der Waals surface area contributed by atoms with Crippen LogP contribution in [0.1, 0.15) is 33.4 Å². The predicted octanol–water partition coefficient (Wildman–Crippen LogP) is 4.04. The van der Waals surface area contributed by atoms with Crippen LogP contribution in [0.3, 0.4) is 0 Å². The fourth-order valence-corrected chi connectivity index (χ4v) is 3.05. The van der Waals surface area contributed by atoms with Gasteiger partial charge in [-0.2, -0.15) is 0 Å². The van der Waals surface area contributed by atoms with E-state index < -0.39 is 0 Å². The number of carbonyl (C=O) groups excluding carboxylic acids is 1. The Hall–Kier alpha value is -1.68. The molecule has 19 heavy (non-hydrogen) atoms. The van der Waals surface area contributed by atoms with Crippen LogP contribution in [0, 0.1) is 20.8 Å². The van der Waals surface area contributed by atoms with Gasteiger partial charge in [0, 0.05) is 19.7 Å². The maximum absolute atomic E-state index is 11.5. The summed E-state index contributed by atoms with van der Waals surface area (Å²) < 4.78 is 0. The summed E-state index contributed by atoms with van der Waals surface area (Å²) in [6.07, 6.45) is 0. The van der Waals surface area contributed by atoms with Crippen LogP contribution in [-0.4, -0.2) is 17.8 Å². The Labute approximate surface area is 117 Å². The van der Waals surface area contributed by atoms with Crippen molar-refractivity contribution >= 4 is 27.9 Å². The molecular formula is C15H18N2OS. The molecule has 0 saturated carbocycles. The van der Waals surface area contributed by atoms with Crippen molar-refractivity contribution in [2.24, 2.45) is 0 Å². The molecule has 0 aliphatic heterocycles. The van der Waals surface area contributed by atoms with Crippen molar-refractivity contribution in [2.75, 3.05) is 11.9 Å². The van der Waals surface area contributed by atoms with Gasteiger partial charge in [-0.1, -0.05) is 17.4 Å². The van der Waals surface area contributed by atoms with Crippen LogP contribution >= 0.6 is 11.3 Å². The highest BCUT2D eigenvalue weighted by atomic mass is 32.1. The van der Waals surface area contributed by atoms with E-state index in [0.717, 1.165) is 21.4 Å². The summed E-state index contributed by atoms with van der Waals surface area (Å²) in [5.41, 5.74) is 4.36. The Kier molecular flexibility index (Phi) is 3.71. The average molecular weight is 274 g/mol. The molecule has 2 aromatic rings. The number of benzene rings is 1. The van der Waals surface area contributed by atoms with E-state index in [-0.39, 0.29) is 5.78 Å². The van der Waals surface area contributed by atoms with E-state index in [0.29, 0.717) is 0 Å². The monoisotopic (exact) mass is 274 g/mol. The van der Waals surface area contributed by atoms with Crippen molar-refractivity contribution in [3.63, 3.8) is 0 Å². The van der Waals surface area contributed by atoms with E-state index in [9.17, 15) is 4.79 Å². The van der Waals surface area contributed by atoms with Crippen molar-refractivity contribution < 1.29 is 4.79 Å². The first-order chi connectivity index (χ1) is 8.88. The van der Waals surface area contributed by atoms with Crippen molar-refractivity contribution in [3.8, 4) is 0 Å². The quantitative estimate of drug-likeness (QED) is 0.792. The Bertz CT molecular complexity index is 611. The molecule has 0 N–H and O–H groups in total. The fourth-order valence-electron chi connectivity index (χ4n) is 2.11. The molecule has 0 unspecified atom stereocenters. The lowest BCUT2D eigenvalue weighted by Gasteiger charge is -2.17. The van der Waals surface area contributed by atoms with Crippen LogP contribution in [0.4, 0.5) is 10.8 Å². The minimum absolute atomic E-state index is 0.0788. The zero-order chi connectivity index (χ0) is 14.2. The summed E-state index contributed by atoms with van der Waals surface area (Å²) in [5, 5.41) is 0.854. The van der Waals surface area contributed by atoms with Crippen molar-refractivity contribution in [2.45, 2.75) is 27.7 Å². The maximum Gasteiger partial charge on any atom is 0.190 e. The number of Topliss-reactive ketones (excluding diaryl/α,β-unsaturated/α-hetero) is 1. The molecular weight excluding hydrogens is 256 g/mol. The number of anilines is 2. The van der Waals surface area contributed by atoms with E-state index in [1.807, 2.05) is 18.9 Å². The van der Waals surface area contributed by atoms with Crippen molar-refractivity contribution in [1.29, 1.82) is 0 Å². The Morgan fingerprint density at radius 1 is 1.16 bits per heavy atom. The number of aryl methyl sites for hydroxylation is 3. The summed E-state index contributed by atoms with van der Waals surface area (Å²) >= 11 is 1.45. The smallest absolute Gasteiger partial charge is 0.190 e.